The minimum Gasteiger partial charge on any atom is -0.494 e. The summed E-state index contributed by atoms with van der Waals surface area (Å²) in [7, 11) is 1.51. The van der Waals surface area contributed by atoms with Crippen molar-refractivity contribution in [3.8, 4) is 11.6 Å². The van der Waals surface area contributed by atoms with Crippen molar-refractivity contribution in [2.75, 3.05) is 30.4 Å². The standard InChI is InChI=1S/C23H27N7O4/c1-23(2,3)21-15(14-31)13-29(27-21)20-7-8-24-22(26-20)25-16-11-18(30(32)33)17(12-19(16)34-4)28-9-5-6-10-28/h7-8,11-14H,5-6,9-10H2,1-4H3,(H,24,25,26). The maximum absolute atomic E-state index is 11.8. The summed E-state index contributed by atoms with van der Waals surface area (Å²) < 4.78 is 7.04. The minimum atomic E-state index is -0.395. The summed E-state index contributed by atoms with van der Waals surface area (Å²) in [6.07, 6.45) is 5.93. The number of nitro groups is 1. The van der Waals surface area contributed by atoms with Crippen molar-refractivity contribution in [3.63, 3.8) is 0 Å². The molecule has 1 aromatic carbocycles. The van der Waals surface area contributed by atoms with Gasteiger partial charge in [0.05, 0.1) is 29.0 Å². The third-order valence-electron chi connectivity index (χ3n) is 5.64. The molecular weight excluding hydrogens is 438 g/mol. The number of methoxy groups -OCH3 is 1. The van der Waals surface area contributed by atoms with Gasteiger partial charge in [0.1, 0.15) is 11.4 Å². The first-order chi connectivity index (χ1) is 16.2. The lowest BCUT2D eigenvalue weighted by Crippen LogP contribution is -2.19. The number of aldehydes is 1. The van der Waals surface area contributed by atoms with Gasteiger partial charge in [0, 0.05) is 49.1 Å². The minimum absolute atomic E-state index is 0.0149. The van der Waals surface area contributed by atoms with Crippen molar-refractivity contribution >= 4 is 29.3 Å². The Balaban J connectivity index is 1.70. The molecule has 1 N–H and O–H groups in total. The van der Waals surface area contributed by atoms with E-state index in [0.29, 0.717) is 34.2 Å². The van der Waals surface area contributed by atoms with E-state index in [4.69, 9.17) is 4.74 Å². The monoisotopic (exact) mass is 465 g/mol. The first kappa shape index (κ1) is 23.1. The smallest absolute Gasteiger partial charge is 0.294 e. The van der Waals surface area contributed by atoms with Crippen LogP contribution in [0.4, 0.5) is 23.0 Å². The summed E-state index contributed by atoms with van der Waals surface area (Å²) in [6, 6.07) is 4.78. The Hall–Kier alpha value is -4.02. The predicted octanol–water partition coefficient (Wildman–Crippen LogP) is 4.03. The van der Waals surface area contributed by atoms with Crippen molar-refractivity contribution in [2.45, 2.75) is 39.0 Å². The third kappa shape index (κ3) is 4.54. The number of carbonyl (C=O) groups is 1. The van der Waals surface area contributed by atoms with Gasteiger partial charge in [0.25, 0.3) is 5.69 Å². The number of nitro benzene ring substituents is 1. The van der Waals surface area contributed by atoms with E-state index in [0.717, 1.165) is 32.2 Å². The van der Waals surface area contributed by atoms with Crippen LogP contribution in [0.1, 0.15) is 49.7 Å². The molecule has 1 aliphatic rings. The number of rotatable bonds is 7. The molecule has 0 atom stereocenters. The molecule has 1 aliphatic heterocycles. The molecule has 1 fully saturated rings. The normalized spacial score (nSPS) is 13.7. The van der Waals surface area contributed by atoms with Crippen LogP contribution >= 0.6 is 0 Å². The second-order valence-electron chi connectivity index (χ2n) is 9.10. The Labute approximate surface area is 196 Å². The molecule has 1 saturated heterocycles. The van der Waals surface area contributed by atoms with Gasteiger partial charge in [0.15, 0.2) is 12.1 Å². The van der Waals surface area contributed by atoms with Gasteiger partial charge in [-0.15, -0.1) is 0 Å². The highest BCUT2D eigenvalue weighted by atomic mass is 16.6. The van der Waals surface area contributed by atoms with Crippen LogP contribution in [0.3, 0.4) is 0 Å². The maximum atomic E-state index is 11.8. The highest BCUT2D eigenvalue weighted by Gasteiger charge is 2.26. The van der Waals surface area contributed by atoms with Gasteiger partial charge >= 0.3 is 0 Å². The lowest BCUT2D eigenvalue weighted by atomic mass is 9.90. The van der Waals surface area contributed by atoms with Crippen LogP contribution in [0.25, 0.3) is 5.82 Å². The highest BCUT2D eigenvalue weighted by Crippen LogP contribution is 2.40. The summed E-state index contributed by atoms with van der Waals surface area (Å²) >= 11 is 0. The maximum Gasteiger partial charge on any atom is 0.294 e. The largest absolute Gasteiger partial charge is 0.494 e. The fourth-order valence-electron chi connectivity index (χ4n) is 4.01. The molecule has 4 rings (SSSR count). The van der Waals surface area contributed by atoms with E-state index in [-0.39, 0.29) is 17.1 Å². The van der Waals surface area contributed by atoms with Gasteiger partial charge in [-0.25, -0.2) is 9.67 Å². The van der Waals surface area contributed by atoms with Gasteiger partial charge in [-0.2, -0.15) is 10.1 Å². The SMILES string of the molecule is COc1cc(N2CCCC2)c([N+](=O)[O-])cc1Nc1nccc(-n2cc(C=O)c(C(C)(C)C)n2)n1. The molecule has 11 nitrogen and oxygen atoms in total. The van der Waals surface area contributed by atoms with E-state index in [9.17, 15) is 14.9 Å². The lowest BCUT2D eigenvalue weighted by Gasteiger charge is -2.20. The zero-order chi connectivity index (χ0) is 24.5. The van der Waals surface area contributed by atoms with Crippen molar-refractivity contribution in [1.82, 2.24) is 19.7 Å². The average molecular weight is 466 g/mol. The molecule has 11 heteroatoms. The van der Waals surface area contributed by atoms with Crippen molar-refractivity contribution < 1.29 is 14.5 Å². The molecule has 178 valence electrons. The molecule has 0 amide bonds. The van der Waals surface area contributed by atoms with Gasteiger partial charge in [-0.05, 0) is 12.8 Å². The number of carbonyl (C=O) groups excluding carboxylic acids is 1. The van der Waals surface area contributed by atoms with Crippen LogP contribution in [0.2, 0.25) is 0 Å². The fraction of sp³-hybridized carbons (Fsp3) is 0.391. The van der Waals surface area contributed by atoms with Gasteiger partial charge in [0.2, 0.25) is 5.95 Å². The van der Waals surface area contributed by atoms with Crippen molar-refractivity contribution in [2.24, 2.45) is 0 Å². The van der Waals surface area contributed by atoms with Crippen LogP contribution in [-0.4, -0.2) is 51.2 Å². The van der Waals surface area contributed by atoms with E-state index in [1.54, 1.807) is 24.5 Å². The fourth-order valence-corrected chi connectivity index (χ4v) is 4.01. The molecule has 0 bridgehead atoms. The number of nitrogens with zero attached hydrogens (tertiary/aromatic N) is 6. The van der Waals surface area contributed by atoms with Crippen LogP contribution in [0.15, 0.2) is 30.6 Å². The van der Waals surface area contributed by atoms with Crippen LogP contribution in [-0.2, 0) is 5.41 Å². The predicted molar refractivity (Wildman–Crippen MR) is 128 cm³/mol. The van der Waals surface area contributed by atoms with Gasteiger partial charge in [-0.1, -0.05) is 20.8 Å². The number of benzene rings is 1. The van der Waals surface area contributed by atoms with Gasteiger partial charge in [-0.3, -0.25) is 14.9 Å². The number of ether oxygens (including phenoxy) is 1. The number of hydrogen-bond acceptors (Lipinski definition) is 9. The molecule has 0 saturated carbocycles. The summed E-state index contributed by atoms with van der Waals surface area (Å²) in [5.41, 5.74) is 1.71. The molecule has 3 heterocycles. The van der Waals surface area contributed by atoms with Gasteiger partial charge < -0.3 is 15.0 Å². The van der Waals surface area contributed by atoms with Crippen molar-refractivity contribution in [3.05, 3.63) is 52.0 Å². The molecule has 0 unspecified atom stereocenters. The van der Waals surface area contributed by atoms with E-state index >= 15 is 0 Å². The average Bonchev–Trinajstić information content (AvgIpc) is 3.49. The Kier molecular flexibility index (Phi) is 6.18. The Morgan fingerprint density at radius 3 is 2.56 bits per heavy atom. The molecule has 0 spiro atoms. The Morgan fingerprint density at radius 2 is 1.97 bits per heavy atom. The van der Waals surface area contributed by atoms with Crippen LogP contribution in [0, 0.1) is 10.1 Å². The molecule has 0 radical (unpaired) electrons. The van der Waals surface area contributed by atoms with Crippen LogP contribution in [0.5, 0.6) is 5.75 Å². The van der Waals surface area contributed by atoms with Crippen molar-refractivity contribution in [1.29, 1.82) is 0 Å². The molecule has 2 aromatic heterocycles. The van der Waals surface area contributed by atoms with E-state index in [1.165, 1.54) is 17.9 Å². The summed E-state index contributed by atoms with van der Waals surface area (Å²) in [5.74, 6) is 1.09. The van der Waals surface area contributed by atoms with E-state index in [2.05, 4.69) is 20.4 Å². The second-order valence-corrected chi connectivity index (χ2v) is 9.10. The molecule has 0 aliphatic carbocycles. The van der Waals surface area contributed by atoms with E-state index < -0.39 is 4.92 Å². The zero-order valence-corrected chi connectivity index (χ0v) is 19.6. The number of hydrogen-bond donors (Lipinski definition) is 1. The topological polar surface area (TPSA) is 128 Å². The van der Waals surface area contributed by atoms with E-state index in [1.807, 2.05) is 25.7 Å². The zero-order valence-electron chi connectivity index (χ0n) is 19.6. The number of nitrogens with one attached hydrogen (secondary N) is 1. The summed E-state index contributed by atoms with van der Waals surface area (Å²) in [4.78, 5) is 33.7. The first-order valence-electron chi connectivity index (χ1n) is 11.0. The summed E-state index contributed by atoms with van der Waals surface area (Å²) in [6.45, 7) is 7.47. The first-order valence-corrected chi connectivity index (χ1v) is 11.0. The summed E-state index contributed by atoms with van der Waals surface area (Å²) in [5, 5.41) is 19.4. The number of anilines is 3. The quantitative estimate of drug-likeness (QED) is 0.312. The highest BCUT2D eigenvalue weighted by molar-refractivity contribution is 5.78. The lowest BCUT2D eigenvalue weighted by molar-refractivity contribution is -0.384. The molecule has 34 heavy (non-hydrogen) atoms. The molecule has 3 aromatic rings. The van der Waals surface area contributed by atoms with Crippen LogP contribution < -0.4 is 15.0 Å². The Bertz CT molecular complexity index is 1230. The Morgan fingerprint density at radius 1 is 1.24 bits per heavy atom. The second kappa shape index (κ2) is 9.08. The third-order valence-corrected chi connectivity index (χ3v) is 5.64. The number of aromatic nitrogens is 4. The molecular formula is C23H27N7O4.